The van der Waals surface area contributed by atoms with Crippen LogP contribution in [0, 0.1) is 13.8 Å². The lowest BCUT2D eigenvalue weighted by atomic mass is 10.0. The Morgan fingerprint density at radius 3 is 2.39 bits per heavy atom. The minimum atomic E-state index is -3.71. The van der Waals surface area contributed by atoms with Gasteiger partial charge in [-0.1, -0.05) is 48.0 Å². The zero-order chi connectivity index (χ0) is 26.9. The van der Waals surface area contributed by atoms with Crippen molar-refractivity contribution in [2.24, 2.45) is 0 Å². The first-order chi connectivity index (χ1) is 18.2. The number of nitrogens with zero attached hydrogens (tertiary/aromatic N) is 3. The largest absolute Gasteiger partial charge is 0.482 e. The summed E-state index contributed by atoms with van der Waals surface area (Å²) < 4.78 is 33.7. The van der Waals surface area contributed by atoms with Crippen molar-refractivity contribution in [3.8, 4) is 5.75 Å². The van der Waals surface area contributed by atoms with Gasteiger partial charge in [0.2, 0.25) is 10.0 Å². The lowest BCUT2D eigenvalue weighted by Gasteiger charge is -2.37. The maximum absolute atomic E-state index is 13.3. The van der Waals surface area contributed by atoms with Crippen LogP contribution in [0.25, 0.3) is 0 Å². The van der Waals surface area contributed by atoms with E-state index in [1.54, 1.807) is 4.90 Å². The summed E-state index contributed by atoms with van der Waals surface area (Å²) >= 11 is 6.40. The Labute approximate surface area is 229 Å². The number of aryl methyl sites for hydroxylation is 1. The average molecular weight is 554 g/mol. The van der Waals surface area contributed by atoms with Crippen molar-refractivity contribution in [2.75, 3.05) is 44.2 Å². The first kappa shape index (κ1) is 26.5. The molecule has 0 bridgehead atoms. The second-order valence-corrected chi connectivity index (χ2v) is 12.2. The smallest absolute Gasteiger partial charge is 0.260 e. The lowest BCUT2D eigenvalue weighted by Crippen LogP contribution is -2.50. The molecule has 0 unspecified atom stereocenters. The first-order valence-electron chi connectivity index (χ1n) is 12.8. The minimum Gasteiger partial charge on any atom is -0.482 e. The highest BCUT2D eigenvalue weighted by Gasteiger charge is 2.29. The Hall–Kier alpha value is -3.07. The lowest BCUT2D eigenvalue weighted by molar-refractivity contribution is -0.133. The molecule has 0 N–H and O–H groups in total. The summed E-state index contributed by atoms with van der Waals surface area (Å²) in [6.07, 6.45) is 0.672. The number of carbonyl (C=O) groups is 1. The molecule has 2 aliphatic rings. The van der Waals surface area contributed by atoms with E-state index in [0.29, 0.717) is 32.6 Å². The SMILES string of the molecule is Cc1cccc(N2CCN(C(=O)COc3ccc(S(=O)(=O)N4CCc5ccccc5C4)cc3Cl)CC2)c1C. The number of amides is 1. The van der Waals surface area contributed by atoms with Crippen LogP contribution >= 0.6 is 11.6 Å². The van der Waals surface area contributed by atoms with Gasteiger partial charge in [-0.3, -0.25) is 4.79 Å². The van der Waals surface area contributed by atoms with Crippen LogP contribution in [0.2, 0.25) is 5.02 Å². The maximum atomic E-state index is 13.3. The van der Waals surface area contributed by atoms with Gasteiger partial charge in [-0.25, -0.2) is 8.42 Å². The number of hydrogen-bond donors (Lipinski definition) is 0. The number of ether oxygens (including phenoxy) is 1. The van der Waals surface area contributed by atoms with Crippen LogP contribution in [0.5, 0.6) is 5.75 Å². The standard InChI is InChI=1S/C29H32ClN3O4S/c1-21-6-5-9-27(22(21)2)31-14-16-32(17-15-31)29(34)20-37-28-11-10-25(18-26(28)30)38(35,36)33-13-12-23-7-3-4-8-24(23)19-33/h3-11,18H,12-17,19-20H2,1-2H3. The van der Waals surface area contributed by atoms with Gasteiger partial charge in [-0.15, -0.1) is 0 Å². The molecule has 1 saturated heterocycles. The summed E-state index contributed by atoms with van der Waals surface area (Å²) in [5.74, 6) is 0.169. The van der Waals surface area contributed by atoms with E-state index < -0.39 is 10.0 Å². The molecule has 2 heterocycles. The molecule has 3 aromatic carbocycles. The summed E-state index contributed by atoms with van der Waals surface area (Å²) in [6, 6.07) is 18.6. The summed E-state index contributed by atoms with van der Waals surface area (Å²) in [7, 11) is -3.71. The number of benzene rings is 3. The summed E-state index contributed by atoms with van der Waals surface area (Å²) in [4.78, 5) is 17.0. The normalized spacial score (nSPS) is 16.3. The molecule has 7 nitrogen and oxygen atoms in total. The topological polar surface area (TPSA) is 70.2 Å². The van der Waals surface area contributed by atoms with Crippen molar-refractivity contribution in [1.29, 1.82) is 0 Å². The number of carbonyl (C=O) groups excluding carboxylic acids is 1. The third-order valence-corrected chi connectivity index (χ3v) is 9.67. The first-order valence-corrected chi connectivity index (χ1v) is 14.6. The van der Waals surface area contributed by atoms with E-state index in [9.17, 15) is 13.2 Å². The van der Waals surface area contributed by atoms with Crippen molar-refractivity contribution in [2.45, 2.75) is 31.7 Å². The van der Waals surface area contributed by atoms with Crippen LogP contribution in [0.15, 0.2) is 65.6 Å². The highest BCUT2D eigenvalue weighted by molar-refractivity contribution is 7.89. The second kappa shape index (κ2) is 11.0. The number of sulfonamides is 1. The number of fused-ring (bicyclic) bond motifs is 1. The predicted octanol–water partition coefficient (Wildman–Crippen LogP) is 4.43. The second-order valence-electron chi connectivity index (χ2n) is 9.83. The van der Waals surface area contributed by atoms with Crippen LogP contribution in [-0.2, 0) is 27.8 Å². The third-order valence-electron chi connectivity index (χ3n) is 7.54. The van der Waals surface area contributed by atoms with Gasteiger partial charge in [-0.05, 0) is 66.8 Å². The van der Waals surface area contributed by atoms with Gasteiger partial charge in [0.15, 0.2) is 6.61 Å². The Kier molecular flexibility index (Phi) is 7.66. The van der Waals surface area contributed by atoms with Gasteiger partial charge < -0.3 is 14.5 Å². The highest BCUT2D eigenvalue weighted by atomic mass is 35.5. The zero-order valence-electron chi connectivity index (χ0n) is 21.7. The number of hydrogen-bond acceptors (Lipinski definition) is 5. The molecule has 1 fully saturated rings. The van der Waals surface area contributed by atoms with E-state index in [0.717, 1.165) is 18.7 Å². The summed E-state index contributed by atoms with van der Waals surface area (Å²) in [6.45, 7) is 7.56. The van der Waals surface area contributed by atoms with Crippen LogP contribution in [-0.4, -0.2) is 62.9 Å². The quantitative estimate of drug-likeness (QED) is 0.452. The molecular formula is C29H32ClN3O4S. The molecular weight excluding hydrogens is 522 g/mol. The zero-order valence-corrected chi connectivity index (χ0v) is 23.3. The summed E-state index contributed by atoms with van der Waals surface area (Å²) in [5.41, 5.74) is 5.93. The van der Waals surface area contributed by atoms with Crippen LogP contribution in [0.4, 0.5) is 5.69 Å². The molecule has 0 spiro atoms. The highest BCUT2D eigenvalue weighted by Crippen LogP contribution is 2.31. The van der Waals surface area contributed by atoms with E-state index in [4.69, 9.17) is 16.3 Å². The molecule has 0 saturated carbocycles. The van der Waals surface area contributed by atoms with Crippen molar-refractivity contribution in [3.63, 3.8) is 0 Å². The number of rotatable bonds is 6. The van der Waals surface area contributed by atoms with Gasteiger partial charge >= 0.3 is 0 Å². The van der Waals surface area contributed by atoms with E-state index in [2.05, 4.69) is 36.9 Å². The van der Waals surface area contributed by atoms with Crippen LogP contribution < -0.4 is 9.64 Å². The fraction of sp³-hybridized carbons (Fsp3) is 0.345. The molecule has 0 aliphatic carbocycles. The third kappa shape index (κ3) is 5.39. The number of anilines is 1. The molecule has 1 amide bonds. The number of halogens is 1. The van der Waals surface area contributed by atoms with Crippen LogP contribution in [0.3, 0.4) is 0 Å². The van der Waals surface area contributed by atoms with Crippen molar-refractivity contribution < 1.29 is 17.9 Å². The number of piperazine rings is 1. The van der Waals surface area contributed by atoms with Gasteiger partial charge in [0.05, 0.1) is 9.92 Å². The fourth-order valence-corrected chi connectivity index (χ4v) is 6.83. The molecule has 38 heavy (non-hydrogen) atoms. The average Bonchev–Trinajstić information content (AvgIpc) is 2.93. The van der Waals surface area contributed by atoms with E-state index in [1.165, 1.54) is 44.9 Å². The van der Waals surface area contributed by atoms with Gasteiger partial charge in [0.25, 0.3) is 5.91 Å². The molecule has 200 valence electrons. The predicted molar refractivity (Wildman–Crippen MR) is 149 cm³/mol. The molecule has 5 rings (SSSR count). The molecule has 0 atom stereocenters. The van der Waals surface area contributed by atoms with E-state index in [1.807, 2.05) is 24.3 Å². The summed E-state index contributed by atoms with van der Waals surface area (Å²) in [5, 5.41) is 0.163. The van der Waals surface area contributed by atoms with Crippen LogP contribution in [0.1, 0.15) is 22.3 Å². The van der Waals surface area contributed by atoms with Crippen molar-refractivity contribution in [3.05, 3.63) is 87.9 Å². The fourth-order valence-electron chi connectivity index (χ4n) is 5.09. The van der Waals surface area contributed by atoms with E-state index >= 15 is 0 Å². The Morgan fingerprint density at radius 1 is 0.921 bits per heavy atom. The molecule has 0 radical (unpaired) electrons. The Bertz CT molecular complexity index is 1450. The van der Waals surface area contributed by atoms with Gasteiger partial charge in [-0.2, -0.15) is 4.31 Å². The Balaban J connectivity index is 1.17. The maximum Gasteiger partial charge on any atom is 0.260 e. The van der Waals surface area contributed by atoms with E-state index in [-0.39, 0.29) is 28.2 Å². The van der Waals surface area contributed by atoms with Crippen molar-refractivity contribution in [1.82, 2.24) is 9.21 Å². The molecule has 3 aromatic rings. The Morgan fingerprint density at radius 2 is 1.66 bits per heavy atom. The van der Waals surface area contributed by atoms with Gasteiger partial charge in [0.1, 0.15) is 5.75 Å². The monoisotopic (exact) mass is 553 g/mol. The molecule has 9 heteroatoms. The van der Waals surface area contributed by atoms with Crippen molar-refractivity contribution >= 4 is 33.2 Å². The van der Waals surface area contributed by atoms with Gasteiger partial charge in [0, 0.05) is 45.0 Å². The molecule has 0 aromatic heterocycles. The minimum absolute atomic E-state index is 0.114. The molecule has 2 aliphatic heterocycles.